The van der Waals surface area contributed by atoms with Gasteiger partial charge in [0.2, 0.25) is 0 Å². The van der Waals surface area contributed by atoms with Crippen LogP contribution in [0.1, 0.15) is 32.1 Å². The molecule has 0 atom stereocenters. The van der Waals surface area contributed by atoms with Gasteiger partial charge in [0, 0.05) is 5.56 Å². The molecule has 7 rings (SSSR count). The van der Waals surface area contributed by atoms with Gasteiger partial charge in [0.25, 0.3) is 0 Å². The highest BCUT2D eigenvalue weighted by atomic mass is 16.5. The van der Waals surface area contributed by atoms with E-state index in [-0.39, 0.29) is 11.9 Å². The van der Waals surface area contributed by atoms with Gasteiger partial charge in [-0.3, -0.25) is 0 Å². The number of nitrogens with zero attached hydrogens (tertiary/aromatic N) is 3. The maximum atomic E-state index is 10.6. The Bertz CT molecular complexity index is 1710. The van der Waals surface area contributed by atoms with Gasteiger partial charge in [0.05, 0.1) is 5.56 Å². The molecule has 0 saturated heterocycles. The third-order valence-corrected chi connectivity index (χ3v) is 7.35. The average Bonchev–Trinajstić information content (AvgIpc) is 2.92. The highest BCUT2D eigenvalue weighted by Crippen LogP contribution is 2.39. The van der Waals surface area contributed by atoms with Gasteiger partial charge in [0.1, 0.15) is 11.9 Å². The van der Waals surface area contributed by atoms with Gasteiger partial charge >= 0.3 is 6.01 Å². The molecule has 5 aromatic carbocycles. The lowest BCUT2D eigenvalue weighted by Crippen LogP contribution is -2.21. The molecule has 36 heavy (non-hydrogen) atoms. The van der Waals surface area contributed by atoms with Crippen LogP contribution in [0.5, 0.6) is 11.8 Å². The van der Waals surface area contributed by atoms with Crippen LogP contribution in [0.25, 0.3) is 55.1 Å². The van der Waals surface area contributed by atoms with E-state index in [1.165, 1.54) is 33.4 Å². The molecule has 0 bridgehead atoms. The van der Waals surface area contributed by atoms with Crippen molar-refractivity contribution in [2.75, 3.05) is 0 Å². The molecule has 5 heteroatoms. The van der Waals surface area contributed by atoms with Crippen LogP contribution in [0.4, 0.5) is 0 Å². The van der Waals surface area contributed by atoms with Crippen molar-refractivity contribution in [2.24, 2.45) is 0 Å². The Kier molecular flexibility index (Phi) is 4.95. The zero-order valence-corrected chi connectivity index (χ0v) is 19.8. The predicted octanol–water partition coefficient (Wildman–Crippen LogP) is 7.52. The highest BCUT2D eigenvalue weighted by Gasteiger charge is 2.21. The SMILES string of the molecule is Oc1ccccc1-c1nc(OC2CCCCC2)nc(-c2ccc3ccc4cccc5ccc2c3c45)n1. The summed E-state index contributed by atoms with van der Waals surface area (Å²) in [5.41, 5.74) is 1.49. The van der Waals surface area contributed by atoms with Crippen LogP contribution in [-0.2, 0) is 0 Å². The number of rotatable bonds is 4. The van der Waals surface area contributed by atoms with Crippen LogP contribution >= 0.6 is 0 Å². The second-order valence-electron chi connectivity index (χ2n) is 9.63. The lowest BCUT2D eigenvalue weighted by atomic mass is 9.92. The molecule has 1 aliphatic carbocycles. The number of hydrogen-bond acceptors (Lipinski definition) is 5. The second kappa shape index (κ2) is 8.45. The minimum absolute atomic E-state index is 0.104. The van der Waals surface area contributed by atoms with Crippen LogP contribution < -0.4 is 4.74 Å². The van der Waals surface area contributed by atoms with E-state index in [2.05, 4.69) is 59.6 Å². The number of aromatic nitrogens is 3. The van der Waals surface area contributed by atoms with Crippen LogP contribution in [0.3, 0.4) is 0 Å². The molecule has 0 amide bonds. The molecule has 5 nitrogen and oxygen atoms in total. The Morgan fingerprint density at radius 1 is 0.611 bits per heavy atom. The normalized spacial score (nSPS) is 14.7. The van der Waals surface area contributed by atoms with Crippen molar-refractivity contribution in [3.8, 4) is 34.5 Å². The van der Waals surface area contributed by atoms with Crippen LogP contribution in [0.15, 0.2) is 78.9 Å². The number of hydrogen-bond donors (Lipinski definition) is 1. The lowest BCUT2D eigenvalue weighted by molar-refractivity contribution is 0.142. The average molecular weight is 472 g/mol. The zero-order chi connectivity index (χ0) is 24.1. The Balaban J connectivity index is 1.45. The summed E-state index contributed by atoms with van der Waals surface area (Å²) in [4.78, 5) is 14.3. The first-order chi connectivity index (χ1) is 17.7. The van der Waals surface area contributed by atoms with Gasteiger partial charge in [-0.05, 0) is 76.2 Å². The standard InChI is InChI=1S/C31H25N3O2/c35-26-12-5-4-11-25(26)30-32-29(33-31(34-30)36-22-9-2-1-3-10-22)24-18-16-21-14-13-19-7-6-8-20-15-17-23(24)28(21)27(19)20/h4-8,11-18,22,35H,1-3,9-10H2. The van der Waals surface area contributed by atoms with E-state index in [0.29, 0.717) is 23.2 Å². The maximum Gasteiger partial charge on any atom is 0.320 e. The van der Waals surface area contributed by atoms with Crippen LogP contribution in [0.2, 0.25) is 0 Å². The largest absolute Gasteiger partial charge is 0.507 e. The third kappa shape index (κ3) is 3.51. The van der Waals surface area contributed by atoms with Crippen molar-refractivity contribution in [2.45, 2.75) is 38.2 Å². The Morgan fingerprint density at radius 2 is 1.28 bits per heavy atom. The number of ether oxygens (including phenoxy) is 1. The number of phenols is 1. The van der Waals surface area contributed by atoms with E-state index < -0.39 is 0 Å². The monoisotopic (exact) mass is 471 g/mol. The van der Waals surface area contributed by atoms with Gasteiger partial charge in [-0.2, -0.15) is 9.97 Å². The summed E-state index contributed by atoms with van der Waals surface area (Å²) in [5.74, 6) is 1.09. The Morgan fingerprint density at radius 3 is 2.06 bits per heavy atom. The smallest absolute Gasteiger partial charge is 0.320 e. The summed E-state index contributed by atoms with van der Waals surface area (Å²) in [6.45, 7) is 0. The van der Waals surface area contributed by atoms with Crippen molar-refractivity contribution in [1.82, 2.24) is 15.0 Å². The van der Waals surface area contributed by atoms with Crippen molar-refractivity contribution in [1.29, 1.82) is 0 Å². The molecule has 1 aromatic heterocycles. The summed E-state index contributed by atoms with van der Waals surface area (Å²) in [5, 5.41) is 17.7. The first-order valence-electron chi connectivity index (χ1n) is 12.6. The number of benzene rings is 5. The molecular formula is C31H25N3O2. The van der Waals surface area contributed by atoms with Gasteiger partial charge in [-0.15, -0.1) is 0 Å². The molecule has 6 aromatic rings. The fourth-order valence-corrected chi connectivity index (χ4v) is 5.58. The van der Waals surface area contributed by atoms with E-state index in [1.807, 2.05) is 12.1 Å². The number of aromatic hydroxyl groups is 1. The molecular weight excluding hydrogens is 446 g/mol. The molecule has 1 saturated carbocycles. The third-order valence-electron chi connectivity index (χ3n) is 7.35. The van der Waals surface area contributed by atoms with Gasteiger partial charge in [-0.25, -0.2) is 4.98 Å². The van der Waals surface area contributed by atoms with E-state index in [0.717, 1.165) is 36.6 Å². The Hall–Kier alpha value is -4.25. The highest BCUT2D eigenvalue weighted by molar-refractivity contribution is 6.25. The van der Waals surface area contributed by atoms with Crippen molar-refractivity contribution in [3.63, 3.8) is 0 Å². The van der Waals surface area contributed by atoms with E-state index in [1.54, 1.807) is 12.1 Å². The van der Waals surface area contributed by atoms with Gasteiger partial charge in [0.15, 0.2) is 11.6 Å². The summed E-state index contributed by atoms with van der Waals surface area (Å²) in [6.07, 6.45) is 5.67. The van der Waals surface area contributed by atoms with E-state index >= 15 is 0 Å². The summed E-state index contributed by atoms with van der Waals surface area (Å²) in [6, 6.07) is 26.8. The topological polar surface area (TPSA) is 68.1 Å². The maximum absolute atomic E-state index is 10.6. The molecule has 1 N–H and O–H groups in total. The lowest BCUT2D eigenvalue weighted by Gasteiger charge is -2.22. The molecule has 1 fully saturated rings. The molecule has 1 aliphatic rings. The molecule has 176 valence electrons. The van der Waals surface area contributed by atoms with Gasteiger partial charge < -0.3 is 9.84 Å². The van der Waals surface area contributed by atoms with E-state index in [4.69, 9.17) is 14.7 Å². The van der Waals surface area contributed by atoms with Crippen molar-refractivity contribution < 1.29 is 9.84 Å². The minimum Gasteiger partial charge on any atom is -0.507 e. The first-order valence-corrected chi connectivity index (χ1v) is 12.6. The zero-order valence-electron chi connectivity index (χ0n) is 19.8. The molecule has 1 heterocycles. The summed E-state index contributed by atoms with van der Waals surface area (Å²) >= 11 is 0. The first kappa shape index (κ1) is 21.1. The van der Waals surface area contributed by atoms with Gasteiger partial charge in [-0.1, -0.05) is 67.1 Å². The van der Waals surface area contributed by atoms with Crippen molar-refractivity contribution in [3.05, 3.63) is 78.9 Å². The fraction of sp³-hybridized carbons (Fsp3) is 0.194. The number of para-hydroxylation sites is 1. The minimum atomic E-state index is 0.104. The second-order valence-corrected chi connectivity index (χ2v) is 9.63. The molecule has 0 aliphatic heterocycles. The van der Waals surface area contributed by atoms with Crippen molar-refractivity contribution >= 4 is 32.3 Å². The molecule has 0 spiro atoms. The quantitative estimate of drug-likeness (QED) is 0.269. The molecule has 0 unspecified atom stereocenters. The Labute approximate surface area is 208 Å². The molecule has 0 radical (unpaired) electrons. The summed E-state index contributed by atoms with van der Waals surface area (Å²) in [7, 11) is 0. The van der Waals surface area contributed by atoms with E-state index in [9.17, 15) is 5.11 Å². The predicted molar refractivity (Wildman–Crippen MR) is 144 cm³/mol. The van der Waals surface area contributed by atoms with Crippen LogP contribution in [0, 0.1) is 0 Å². The fourth-order valence-electron chi connectivity index (χ4n) is 5.58. The van der Waals surface area contributed by atoms with Crippen LogP contribution in [-0.4, -0.2) is 26.2 Å². The number of phenolic OH excluding ortho intramolecular Hbond substituents is 1. The summed E-state index contributed by atoms with van der Waals surface area (Å²) < 4.78 is 6.30.